The number of nitrogens with zero attached hydrogens (tertiary/aromatic N) is 2. The highest BCUT2D eigenvalue weighted by Crippen LogP contribution is 2.28. The Morgan fingerprint density at radius 1 is 1.42 bits per heavy atom. The molecule has 2 rings (SSSR count). The van der Waals surface area contributed by atoms with Crippen molar-refractivity contribution >= 4 is 10.0 Å². The lowest BCUT2D eigenvalue weighted by molar-refractivity contribution is 0.335. The van der Waals surface area contributed by atoms with Crippen molar-refractivity contribution in [1.29, 1.82) is 0 Å². The van der Waals surface area contributed by atoms with Gasteiger partial charge in [-0.25, -0.2) is 8.42 Å². The van der Waals surface area contributed by atoms with Gasteiger partial charge in [0.1, 0.15) is 4.90 Å². The first-order chi connectivity index (χ1) is 9.00. The fraction of sp³-hybridized carbons (Fsp3) is 0.692. The van der Waals surface area contributed by atoms with Crippen molar-refractivity contribution in [2.75, 3.05) is 6.54 Å². The number of hydrogen-bond donors (Lipinski definition) is 1. The zero-order valence-corrected chi connectivity index (χ0v) is 12.5. The minimum absolute atomic E-state index is 0.163. The Labute approximate surface area is 115 Å². The molecule has 0 spiro atoms. The SMILES string of the molecule is CCN(C1CCCC1)S(=O)(=O)c1cc(CN)n(C)c1. The van der Waals surface area contributed by atoms with E-state index < -0.39 is 10.0 Å². The molecule has 0 aromatic carbocycles. The van der Waals surface area contributed by atoms with Crippen LogP contribution in [-0.2, 0) is 23.6 Å². The minimum Gasteiger partial charge on any atom is -0.352 e. The first-order valence-electron chi connectivity index (χ1n) is 6.87. The van der Waals surface area contributed by atoms with Crippen molar-refractivity contribution < 1.29 is 8.42 Å². The van der Waals surface area contributed by atoms with Crippen molar-refractivity contribution in [2.45, 2.75) is 50.1 Å². The highest BCUT2D eigenvalue weighted by atomic mass is 32.2. The zero-order chi connectivity index (χ0) is 14.0. The molecule has 6 heteroatoms. The van der Waals surface area contributed by atoms with Crippen LogP contribution in [0.3, 0.4) is 0 Å². The molecule has 0 amide bonds. The lowest BCUT2D eigenvalue weighted by atomic mass is 10.2. The maximum absolute atomic E-state index is 12.7. The minimum atomic E-state index is -3.39. The van der Waals surface area contributed by atoms with Crippen LogP contribution >= 0.6 is 0 Å². The van der Waals surface area contributed by atoms with E-state index in [0.717, 1.165) is 31.4 Å². The molecule has 0 saturated heterocycles. The Hall–Kier alpha value is -0.850. The predicted octanol–water partition coefficient (Wildman–Crippen LogP) is 1.44. The molecule has 1 aliphatic rings. The second-order valence-electron chi connectivity index (χ2n) is 5.13. The van der Waals surface area contributed by atoms with Gasteiger partial charge in [-0.3, -0.25) is 0 Å². The number of aromatic nitrogens is 1. The summed E-state index contributed by atoms with van der Waals surface area (Å²) in [6.45, 7) is 2.78. The fourth-order valence-electron chi connectivity index (χ4n) is 2.87. The summed E-state index contributed by atoms with van der Waals surface area (Å²) < 4.78 is 28.8. The Morgan fingerprint density at radius 3 is 2.53 bits per heavy atom. The molecule has 1 fully saturated rings. The van der Waals surface area contributed by atoms with Crippen molar-refractivity contribution in [3.63, 3.8) is 0 Å². The van der Waals surface area contributed by atoms with Gasteiger partial charge in [0, 0.05) is 38.1 Å². The summed E-state index contributed by atoms with van der Waals surface area (Å²) in [5.74, 6) is 0. The van der Waals surface area contributed by atoms with Gasteiger partial charge >= 0.3 is 0 Å². The maximum atomic E-state index is 12.7. The zero-order valence-electron chi connectivity index (χ0n) is 11.7. The largest absolute Gasteiger partial charge is 0.352 e. The van der Waals surface area contributed by atoms with Crippen molar-refractivity contribution in [3.8, 4) is 0 Å². The normalized spacial score (nSPS) is 17.5. The summed E-state index contributed by atoms with van der Waals surface area (Å²) in [4.78, 5) is 0.365. The third-order valence-electron chi connectivity index (χ3n) is 3.94. The first kappa shape index (κ1) is 14.6. The van der Waals surface area contributed by atoms with Crippen LogP contribution in [0.2, 0.25) is 0 Å². The highest BCUT2D eigenvalue weighted by Gasteiger charge is 2.32. The molecule has 19 heavy (non-hydrogen) atoms. The van der Waals surface area contributed by atoms with Gasteiger partial charge in [-0.05, 0) is 18.9 Å². The summed E-state index contributed by atoms with van der Waals surface area (Å²) in [5.41, 5.74) is 6.44. The van der Waals surface area contributed by atoms with E-state index in [4.69, 9.17) is 5.73 Å². The number of hydrogen-bond acceptors (Lipinski definition) is 3. The Morgan fingerprint density at radius 2 is 2.05 bits per heavy atom. The first-order valence-corrected chi connectivity index (χ1v) is 8.31. The summed E-state index contributed by atoms with van der Waals surface area (Å²) in [5, 5.41) is 0. The molecule has 0 bridgehead atoms. The van der Waals surface area contributed by atoms with E-state index in [-0.39, 0.29) is 6.04 Å². The Balaban J connectivity index is 2.33. The van der Waals surface area contributed by atoms with Gasteiger partial charge < -0.3 is 10.3 Å². The van der Waals surface area contributed by atoms with Crippen LogP contribution in [-0.4, -0.2) is 29.9 Å². The van der Waals surface area contributed by atoms with E-state index in [9.17, 15) is 8.42 Å². The standard InChI is InChI=1S/C13H23N3O2S/c1-3-16(11-6-4-5-7-11)19(17,18)13-8-12(9-14)15(2)10-13/h8,10-11H,3-7,9,14H2,1-2H3. The van der Waals surface area contributed by atoms with Crippen LogP contribution in [0.25, 0.3) is 0 Å². The highest BCUT2D eigenvalue weighted by molar-refractivity contribution is 7.89. The molecular weight excluding hydrogens is 262 g/mol. The van der Waals surface area contributed by atoms with Crippen LogP contribution < -0.4 is 5.73 Å². The second kappa shape index (κ2) is 5.64. The molecule has 0 atom stereocenters. The van der Waals surface area contributed by atoms with E-state index in [2.05, 4.69) is 0 Å². The van der Waals surface area contributed by atoms with Gasteiger partial charge in [0.25, 0.3) is 0 Å². The molecule has 0 unspecified atom stereocenters. The molecule has 0 radical (unpaired) electrons. The summed E-state index contributed by atoms with van der Waals surface area (Å²) in [6, 6.07) is 1.85. The number of sulfonamides is 1. The van der Waals surface area contributed by atoms with E-state index in [1.807, 2.05) is 14.0 Å². The molecule has 1 aromatic heterocycles. The van der Waals surface area contributed by atoms with Crippen molar-refractivity contribution in [3.05, 3.63) is 18.0 Å². The third kappa shape index (κ3) is 2.70. The molecule has 5 nitrogen and oxygen atoms in total. The fourth-order valence-corrected chi connectivity index (χ4v) is 4.66. The van der Waals surface area contributed by atoms with E-state index in [1.165, 1.54) is 0 Å². The molecule has 0 aliphatic heterocycles. The van der Waals surface area contributed by atoms with E-state index in [1.54, 1.807) is 21.1 Å². The average molecular weight is 285 g/mol. The quantitative estimate of drug-likeness (QED) is 0.890. The van der Waals surface area contributed by atoms with Gasteiger partial charge in [0.15, 0.2) is 0 Å². The number of rotatable bonds is 5. The maximum Gasteiger partial charge on any atom is 0.244 e. The second-order valence-corrected chi connectivity index (χ2v) is 7.02. The third-order valence-corrected chi connectivity index (χ3v) is 5.93. The van der Waals surface area contributed by atoms with E-state index in [0.29, 0.717) is 18.0 Å². The lowest BCUT2D eigenvalue weighted by Gasteiger charge is -2.26. The Bertz CT molecular complexity index is 530. The predicted molar refractivity (Wildman–Crippen MR) is 75.1 cm³/mol. The van der Waals surface area contributed by atoms with Gasteiger partial charge in [-0.2, -0.15) is 4.31 Å². The topological polar surface area (TPSA) is 68.3 Å². The van der Waals surface area contributed by atoms with Gasteiger partial charge in [0.2, 0.25) is 10.0 Å². The van der Waals surface area contributed by atoms with Crippen LogP contribution in [0.1, 0.15) is 38.3 Å². The molecular formula is C13H23N3O2S. The van der Waals surface area contributed by atoms with Crippen molar-refractivity contribution in [1.82, 2.24) is 8.87 Å². The summed E-state index contributed by atoms with van der Waals surface area (Å²) >= 11 is 0. The summed E-state index contributed by atoms with van der Waals surface area (Å²) in [7, 11) is -1.56. The smallest absolute Gasteiger partial charge is 0.244 e. The van der Waals surface area contributed by atoms with E-state index >= 15 is 0 Å². The van der Waals surface area contributed by atoms with Crippen LogP contribution in [0.4, 0.5) is 0 Å². The monoisotopic (exact) mass is 285 g/mol. The molecule has 108 valence electrons. The van der Waals surface area contributed by atoms with Gasteiger partial charge in [-0.15, -0.1) is 0 Å². The van der Waals surface area contributed by atoms with Crippen LogP contribution in [0.15, 0.2) is 17.2 Å². The van der Waals surface area contributed by atoms with Gasteiger partial charge in [-0.1, -0.05) is 19.8 Å². The Kier molecular flexibility index (Phi) is 4.32. The average Bonchev–Trinajstić information content (AvgIpc) is 2.99. The molecule has 1 saturated carbocycles. The van der Waals surface area contributed by atoms with Gasteiger partial charge in [0.05, 0.1) is 0 Å². The van der Waals surface area contributed by atoms with Crippen LogP contribution in [0.5, 0.6) is 0 Å². The molecule has 1 aromatic rings. The molecule has 1 heterocycles. The molecule has 1 aliphatic carbocycles. The number of nitrogens with two attached hydrogens (primary N) is 1. The number of aryl methyl sites for hydroxylation is 1. The van der Waals surface area contributed by atoms with Crippen molar-refractivity contribution in [2.24, 2.45) is 12.8 Å². The molecule has 2 N–H and O–H groups in total. The van der Waals surface area contributed by atoms with Crippen LogP contribution in [0, 0.1) is 0 Å². The lowest BCUT2D eigenvalue weighted by Crippen LogP contribution is -2.38. The summed E-state index contributed by atoms with van der Waals surface area (Å²) in [6.07, 6.45) is 5.86.